The average molecular weight is 486 g/mol. The molecule has 33 heavy (non-hydrogen) atoms. The molecule has 0 radical (unpaired) electrons. The van der Waals surface area contributed by atoms with Crippen LogP contribution in [-0.4, -0.2) is 64.1 Å². The number of hydrogen-bond donors (Lipinski definition) is 1. The van der Waals surface area contributed by atoms with Crippen molar-refractivity contribution in [3.05, 3.63) is 82.0 Å². The van der Waals surface area contributed by atoms with E-state index in [0.717, 1.165) is 11.1 Å². The van der Waals surface area contributed by atoms with E-state index < -0.39 is 0 Å². The summed E-state index contributed by atoms with van der Waals surface area (Å²) in [5.74, 6) is 0.552. The van der Waals surface area contributed by atoms with Gasteiger partial charge in [-0.3, -0.25) is 14.5 Å². The van der Waals surface area contributed by atoms with Crippen LogP contribution in [0.5, 0.6) is 0 Å². The maximum absolute atomic E-state index is 12.6. The number of carbonyl (C=O) groups excluding carboxylic acids is 2. The minimum atomic E-state index is -0.119. The number of halogens is 2. The van der Waals surface area contributed by atoms with Crippen molar-refractivity contribution < 1.29 is 9.59 Å². The van der Waals surface area contributed by atoms with E-state index in [4.69, 9.17) is 23.2 Å². The number of rotatable bonds is 7. The van der Waals surface area contributed by atoms with Gasteiger partial charge in [0.15, 0.2) is 0 Å². The normalized spacial score (nSPS) is 14.3. The first-order chi connectivity index (χ1) is 16.0. The molecule has 2 heterocycles. The first kappa shape index (κ1) is 23.3. The lowest BCUT2D eigenvalue weighted by atomic mass is 10.1. The Labute approximate surface area is 202 Å². The molecule has 0 aliphatic carbocycles. The molecule has 3 aromatic rings. The molecule has 0 unspecified atom stereocenters. The zero-order valence-electron chi connectivity index (χ0n) is 18.1. The second kappa shape index (κ2) is 10.8. The number of nitrogens with one attached hydrogen (secondary N) is 1. The summed E-state index contributed by atoms with van der Waals surface area (Å²) in [7, 11) is 0. The lowest BCUT2D eigenvalue weighted by Crippen LogP contribution is -2.50. The van der Waals surface area contributed by atoms with Gasteiger partial charge in [-0.25, -0.2) is 4.68 Å². The minimum Gasteiger partial charge on any atom is -0.340 e. The van der Waals surface area contributed by atoms with Gasteiger partial charge < -0.3 is 10.2 Å². The molecule has 1 N–H and O–H groups in total. The van der Waals surface area contributed by atoms with Crippen LogP contribution in [0.25, 0.3) is 0 Å². The Balaban J connectivity index is 1.26. The van der Waals surface area contributed by atoms with Crippen LogP contribution in [0.4, 0.5) is 5.82 Å². The number of hydrogen-bond acceptors (Lipinski definition) is 4. The van der Waals surface area contributed by atoms with Crippen LogP contribution >= 0.6 is 23.2 Å². The predicted molar refractivity (Wildman–Crippen MR) is 130 cm³/mol. The van der Waals surface area contributed by atoms with E-state index in [2.05, 4.69) is 10.4 Å². The maximum atomic E-state index is 12.6. The first-order valence-electron chi connectivity index (χ1n) is 10.8. The van der Waals surface area contributed by atoms with Gasteiger partial charge in [-0.1, -0.05) is 59.6 Å². The van der Waals surface area contributed by atoms with Crippen molar-refractivity contribution in [1.82, 2.24) is 19.6 Å². The number of nitrogens with zero attached hydrogens (tertiary/aromatic N) is 4. The summed E-state index contributed by atoms with van der Waals surface area (Å²) in [6, 6.07) is 16.7. The fourth-order valence-electron chi connectivity index (χ4n) is 3.81. The molecule has 4 rings (SSSR count). The molecule has 2 aromatic carbocycles. The van der Waals surface area contributed by atoms with Crippen LogP contribution in [-0.2, 0) is 22.6 Å². The van der Waals surface area contributed by atoms with Crippen LogP contribution in [0.2, 0.25) is 10.0 Å². The summed E-state index contributed by atoms with van der Waals surface area (Å²) in [6.07, 6.45) is 1.94. The van der Waals surface area contributed by atoms with Crippen molar-refractivity contribution in [2.45, 2.75) is 13.0 Å². The summed E-state index contributed by atoms with van der Waals surface area (Å²) < 4.78 is 1.71. The Hall–Kier alpha value is -2.87. The summed E-state index contributed by atoms with van der Waals surface area (Å²) in [5.41, 5.74) is 1.76. The van der Waals surface area contributed by atoms with Crippen LogP contribution in [0.15, 0.2) is 60.8 Å². The molecular formula is C24H25Cl2N5O2. The van der Waals surface area contributed by atoms with E-state index in [1.54, 1.807) is 23.0 Å². The molecule has 2 amide bonds. The monoisotopic (exact) mass is 485 g/mol. The molecule has 0 spiro atoms. The van der Waals surface area contributed by atoms with Gasteiger partial charge in [-0.15, -0.1) is 0 Å². The van der Waals surface area contributed by atoms with E-state index in [-0.39, 0.29) is 24.8 Å². The van der Waals surface area contributed by atoms with E-state index in [0.29, 0.717) is 48.6 Å². The Kier molecular flexibility index (Phi) is 7.65. The fourth-order valence-corrected chi connectivity index (χ4v) is 4.21. The van der Waals surface area contributed by atoms with Gasteiger partial charge in [-0.05, 0) is 23.3 Å². The standard InChI is InChI=1S/C24H25Cl2N5O2/c25-20-7-3-1-5-18(20)15-24(33)30-13-11-29(12-14-30)17-23(32)28-22-9-10-27-31(22)16-19-6-2-4-8-21(19)26/h1-10H,11-17H2,(H,28,32). The molecule has 0 bridgehead atoms. The lowest BCUT2D eigenvalue weighted by Gasteiger charge is -2.34. The molecule has 0 atom stereocenters. The number of amides is 2. The molecule has 7 nitrogen and oxygen atoms in total. The quantitative estimate of drug-likeness (QED) is 0.555. The predicted octanol–water partition coefficient (Wildman–Crippen LogP) is 3.56. The van der Waals surface area contributed by atoms with Gasteiger partial charge in [0.25, 0.3) is 0 Å². The minimum absolute atomic E-state index is 0.0516. The van der Waals surface area contributed by atoms with Crippen molar-refractivity contribution in [3.63, 3.8) is 0 Å². The van der Waals surface area contributed by atoms with E-state index in [9.17, 15) is 9.59 Å². The Morgan fingerprint density at radius 2 is 1.52 bits per heavy atom. The van der Waals surface area contributed by atoms with Gasteiger partial charge >= 0.3 is 0 Å². The van der Waals surface area contributed by atoms with Crippen molar-refractivity contribution in [2.24, 2.45) is 0 Å². The second-order valence-electron chi connectivity index (χ2n) is 7.94. The largest absolute Gasteiger partial charge is 0.340 e. The van der Waals surface area contributed by atoms with Gasteiger partial charge in [0.1, 0.15) is 5.82 Å². The molecule has 1 aliphatic heterocycles. The highest BCUT2D eigenvalue weighted by Gasteiger charge is 2.23. The Bertz CT molecular complexity index is 1130. The third-order valence-corrected chi connectivity index (χ3v) is 6.39. The van der Waals surface area contributed by atoms with Gasteiger partial charge in [-0.2, -0.15) is 5.10 Å². The summed E-state index contributed by atoms with van der Waals surface area (Å²) >= 11 is 12.4. The number of piperazine rings is 1. The number of aromatic nitrogens is 2. The first-order valence-corrected chi connectivity index (χ1v) is 11.5. The molecule has 1 aromatic heterocycles. The third kappa shape index (κ3) is 6.13. The highest BCUT2D eigenvalue weighted by molar-refractivity contribution is 6.31. The third-order valence-electron chi connectivity index (χ3n) is 5.65. The van der Waals surface area contributed by atoms with E-state index >= 15 is 0 Å². The van der Waals surface area contributed by atoms with Crippen LogP contribution < -0.4 is 5.32 Å². The topological polar surface area (TPSA) is 70.5 Å². The summed E-state index contributed by atoms with van der Waals surface area (Å²) in [4.78, 5) is 29.1. The van der Waals surface area contributed by atoms with Gasteiger partial charge in [0.05, 0.1) is 25.7 Å². The SMILES string of the molecule is O=C(CN1CCN(C(=O)Cc2ccccc2Cl)CC1)Nc1ccnn1Cc1ccccc1Cl. The number of carbonyl (C=O) groups is 2. The zero-order chi connectivity index (χ0) is 23.2. The molecule has 172 valence electrons. The van der Waals surface area contributed by atoms with Crippen LogP contribution in [0, 0.1) is 0 Å². The van der Waals surface area contributed by atoms with Crippen LogP contribution in [0.1, 0.15) is 11.1 Å². The maximum Gasteiger partial charge on any atom is 0.239 e. The van der Waals surface area contributed by atoms with Crippen molar-refractivity contribution in [3.8, 4) is 0 Å². The average Bonchev–Trinajstić information content (AvgIpc) is 3.23. The van der Waals surface area contributed by atoms with Crippen LogP contribution in [0.3, 0.4) is 0 Å². The molecular weight excluding hydrogens is 461 g/mol. The summed E-state index contributed by atoms with van der Waals surface area (Å²) in [6.45, 7) is 3.17. The van der Waals surface area contributed by atoms with Gasteiger partial charge in [0.2, 0.25) is 11.8 Å². The zero-order valence-corrected chi connectivity index (χ0v) is 19.6. The van der Waals surface area contributed by atoms with Crippen molar-refractivity contribution >= 4 is 40.8 Å². The Morgan fingerprint density at radius 1 is 0.879 bits per heavy atom. The van der Waals surface area contributed by atoms with Crippen molar-refractivity contribution in [1.29, 1.82) is 0 Å². The highest BCUT2D eigenvalue weighted by atomic mass is 35.5. The number of anilines is 1. The molecule has 1 fully saturated rings. The molecule has 1 aliphatic rings. The highest BCUT2D eigenvalue weighted by Crippen LogP contribution is 2.19. The lowest BCUT2D eigenvalue weighted by molar-refractivity contribution is -0.132. The van der Waals surface area contributed by atoms with Crippen molar-refractivity contribution in [2.75, 3.05) is 38.0 Å². The fraction of sp³-hybridized carbons (Fsp3) is 0.292. The van der Waals surface area contributed by atoms with E-state index in [1.165, 1.54) is 0 Å². The second-order valence-corrected chi connectivity index (χ2v) is 8.75. The van der Waals surface area contributed by atoms with Gasteiger partial charge in [0, 0.05) is 42.3 Å². The smallest absolute Gasteiger partial charge is 0.239 e. The number of benzene rings is 2. The summed E-state index contributed by atoms with van der Waals surface area (Å²) in [5, 5.41) is 8.50. The molecule has 0 saturated carbocycles. The Morgan fingerprint density at radius 3 is 2.18 bits per heavy atom. The molecule has 1 saturated heterocycles. The molecule has 9 heteroatoms. The van der Waals surface area contributed by atoms with E-state index in [1.807, 2.05) is 52.3 Å².